The van der Waals surface area contributed by atoms with Crippen LogP contribution in [0.25, 0.3) is 11.4 Å². The van der Waals surface area contributed by atoms with Gasteiger partial charge >= 0.3 is 5.97 Å². The highest BCUT2D eigenvalue weighted by atomic mass is 19.2. The number of halogens is 2. The van der Waals surface area contributed by atoms with Gasteiger partial charge in [-0.05, 0) is 43.9 Å². The summed E-state index contributed by atoms with van der Waals surface area (Å²) in [5.74, 6) is -2.24. The Hall–Kier alpha value is -2.24. The van der Waals surface area contributed by atoms with Crippen LogP contribution in [0.2, 0.25) is 0 Å². The number of carboxylic acids is 1. The van der Waals surface area contributed by atoms with Crippen LogP contribution in [0.1, 0.15) is 31.7 Å². The van der Waals surface area contributed by atoms with Crippen molar-refractivity contribution in [1.82, 2.24) is 9.55 Å². The Balaban J connectivity index is 1.84. The van der Waals surface area contributed by atoms with Gasteiger partial charge in [-0.15, -0.1) is 0 Å². The van der Waals surface area contributed by atoms with Gasteiger partial charge in [0, 0.05) is 24.0 Å². The number of carbonyl (C=O) groups is 1. The molecule has 0 aliphatic heterocycles. The zero-order valence-electron chi connectivity index (χ0n) is 11.9. The molecule has 0 unspecified atom stereocenters. The molecule has 0 bridgehead atoms. The number of benzene rings is 1. The monoisotopic (exact) mass is 306 g/mol. The van der Waals surface area contributed by atoms with Gasteiger partial charge in [0.2, 0.25) is 0 Å². The summed E-state index contributed by atoms with van der Waals surface area (Å²) in [5, 5.41) is 9.05. The van der Waals surface area contributed by atoms with Crippen molar-refractivity contribution in [3.05, 3.63) is 42.2 Å². The van der Waals surface area contributed by atoms with Gasteiger partial charge in [0.1, 0.15) is 5.82 Å². The Labute approximate surface area is 126 Å². The molecule has 0 spiro atoms. The maximum atomic E-state index is 13.4. The second-order valence-corrected chi connectivity index (χ2v) is 5.63. The first-order valence-electron chi connectivity index (χ1n) is 7.27. The van der Waals surface area contributed by atoms with Crippen LogP contribution < -0.4 is 0 Å². The van der Waals surface area contributed by atoms with E-state index >= 15 is 0 Å². The number of aromatic nitrogens is 2. The van der Waals surface area contributed by atoms with Gasteiger partial charge in [-0.3, -0.25) is 4.79 Å². The second kappa shape index (κ2) is 5.87. The fraction of sp³-hybridized carbons (Fsp3) is 0.375. The zero-order valence-corrected chi connectivity index (χ0v) is 11.9. The van der Waals surface area contributed by atoms with Crippen LogP contribution >= 0.6 is 0 Å². The molecule has 22 heavy (non-hydrogen) atoms. The fourth-order valence-electron chi connectivity index (χ4n) is 3.07. The first-order chi connectivity index (χ1) is 10.6. The lowest BCUT2D eigenvalue weighted by Crippen LogP contribution is -2.23. The summed E-state index contributed by atoms with van der Waals surface area (Å²) in [6.45, 7) is 0. The number of hydrogen-bond acceptors (Lipinski definition) is 2. The highest BCUT2D eigenvalue weighted by Gasteiger charge is 2.27. The number of rotatable bonds is 3. The van der Waals surface area contributed by atoms with Crippen molar-refractivity contribution in [1.29, 1.82) is 0 Å². The van der Waals surface area contributed by atoms with Gasteiger partial charge in [-0.1, -0.05) is 0 Å². The molecule has 3 rings (SSSR count). The summed E-state index contributed by atoms with van der Waals surface area (Å²) in [7, 11) is 0. The van der Waals surface area contributed by atoms with Gasteiger partial charge in [0.05, 0.1) is 5.92 Å². The van der Waals surface area contributed by atoms with Crippen molar-refractivity contribution >= 4 is 5.97 Å². The molecule has 1 fully saturated rings. The average molecular weight is 306 g/mol. The lowest BCUT2D eigenvalue weighted by Gasteiger charge is -2.28. The molecule has 6 heteroatoms. The van der Waals surface area contributed by atoms with Crippen LogP contribution in [-0.2, 0) is 4.79 Å². The van der Waals surface area contributed by atoms with Crippen molar-refractivity contribution < 1.29 is 18.7 Å². The van der Waals surface area contributed by atoms with E-state index in [2.05, 4.69) is 4.98 Å². The summed E-state index contributed by atoms with van der Waals surface area (Å²) in [6, 6.07) is 3.86. The van der Waals surface area contributed by atoms with Gasteiger partial charge in [0.25, 0.3) is 0 Å². The van der Waals surface area contributed by atoms with Crippen molar-refractivity contribution in [2.45, 2.75) is 31.7 Å². The number of hydrogen-bond donors (Lipinski definition) is 1. The third kappa shape index (κ3) is 2.73. The number of aliphatic carboxylic acids is 1. The van der Waals surface area contributed by atoms with Crippen LogP contribution in [0.3, 0.4) is 0 Å². The minimum absolute atomic E-state index is 0.140. The van der Waals surface area contributed by atoms with E-state index in [0.29, 0.717) is 24.2 Å². The molecule has 2 aromatic rings. The Kier molecular flexibility index (Phi) is 3.92. The van der Waals surface area contributed by atoms with E-state index in [-0.39, 0.29) is 12.0 Å². The maximum Gasteiger partial charge on any atom is 0.306 e. The third-order valence-electron chi connectivity index (χ3n) is 4.29. The molecule has 0 saturated heterocycles. The van der Waals surface area contributed by atoms with Crippen molar-refractivity contribution in [3.63, 3.8) is 0 Å². The molecule has 4 nitrogen and oxygen atoms in total. The predicted molar refractivity (Wildman–Crippen MR) is 76.2 cm³/mol. The molecule has 1 aliphatic rings. The van der Waals surface area contributed by atoms with E-state index in [1.807, 2.05) is 10.8 Å². The molecule has 1 aromatic heterocycles. The highest BCUT2D eigenvalue weighted by molar-refractivity contribution is 5.70. The smallest absolute Gasteiger partial charge is 0.306 e. The summed E-state index contributed by atoms with van der Waals surface area (Å²) in [6.07, 6.45) is 6.15. The summed E-state index contributed by atoms with van der Waals surface area (Å²) < 4.78 is 28.4. The summed E-state index contributed by atoms with van der Waals surface area (Å²) in [4.78, 5) is 15.3. The van der Waals surface area contributed by atoms with Gasteiger partial charge in [-0.25, -0.2) is 13.8 Å². The molecule has 0 amide bonds. The minimum Gasteiger partial charge on any atom is -0.481 e. The SMILES string of the molecule is O=C(O)C1CCC(n2ccnc2-c2ccc(F)c(F)c2)CC1. The predicted octanol–water partition coefficient (Wildman–Crippen LogP) is 3.64. The van der Waals surface area contributed by atoms with Crippen LogP contribution in [-0.4, -0.2) is 20.6 Å². The second-order valence-electron chi connectivity index (χ2n) is 5.63. The number of carboxylic acid groups (broad SMARTS) is 1. The molecule has 1 aromatic carbocycles. The largest absolute Gasteiger partial charge is 0.481 e. The van der Waals surface area contributed by atoms with Gasteiger partial charge < -0.3 is 9.67 Å². The molecular weight excluding hydrogens is 290 g/mol. The van der Waals surface area contributed by atoms with E-state index in [1.165, 1.54) is 6.07 Å². The lowest BCUT2D eigenvalue weighted by atomic mass is 9.86. The summed E-state index contributed by atoms with van der Waals surface area (Å²) >= 11 is 0. The number of nitrogens with zero attached hydrogens (tertiary/aromatic N) is 2. The molecule has 1 N–H and O–H groups in total. The zero-order chi connectivity index (χ0) is 15.7. The van der Waals surface area contributed by atoms with E-state index in [4.69, 9.17) is 5.11 Å². The molecular formula is C16H16F2N2O2. The van der Waals surface area contributed by atoms with Crippen LogP contribution in [0.15, 0.2) is 30.6 Å². The van der Waals surface area contributed by atoms with Crippen molar-refractivity contribution in [2.75, 3.05) is 0 Å². The van der Waals surface area contributed by atoms with E-state index in [0.717, 1.165) is 25.0 Å². The van der Waals surface area contributed by atoms with E-state index in [1.54, 1.807) is 6.20 Å². The minimum atomic E-state index is -0.901. The molecule has 0 radical (unpaired) electrons. The quantitative estimate of drug-likeness (QED) is 0.942. The van der Waals surface area contributed by atoms with Gasteiger partial charge in [-0.2, -0.15) is 0 Å². The Morgan fingerprint density at radius 3 is 2.55 bits per heavy atom. The standard InChI is InChI=1S/C16H16F2N2O2/c17-13-6-3-11(9-14(13)18)15-19-7-8-20(15)12-4-1-10(2-5-12)16(21)22/h3,6-10,12H,1-2,4-5H2,(H,21,22). The van der Waals surface area contributed by atoms with E-state index < -0.39 is 17.6 Å². The topological polar surface area (TPSA) is 55.1 Å². The van der Waals surface area contributed by atoms with Gasteiger partial charge in [0.15, 0.2) is 11.6 Å². The first kappa shape index (κ1) is 14.7. The third-order valence-corrected chi connectivity index (χ3v) is 4.29. The van der Waals surface area contributed by atoms with E-state index in [9.17, 15) is 13.6 Å². The van der Waals surface area contributed by atoms with Crippen molar-refractivity contribution in [2.24, 2.45) is 5.92 Å². The first-order valence-corrected chi connectivity index (χ1v) is 7.27. The Bertz CT molecular complexity index is 691. The maximum absolute atomic E-state index is 13.4. The Morgan fingerprint density at radius 2 is 1.91 bits per heavy atom. The number of imidazole rings is 1. The lowest BCUT2D eigenvalue weighted by molar-refractivity contribution is -0.143. The molecule has 1 saturated carbocycles. The summed E-state index contributed by atoms with van der Waals surface area (Å²) in [5.41, 5.74) is 0.518. The average Bonchev–Trinajstić information content (AvgIpc) is 2.99. The molecule has 1 heterocycles. The van der Waals surface area contributed by atoms with Crippen LogP contribution in [0.4, 0.5) is 8.78 Å². The highest BCUT2D eigenvalue weighted by Crippen LogP contribution is 2.35. The van der Waals surface area contributed by atoms with Crippen LogP contribution in [0.5, 0.6) is 0 Å². The molecule has 116 valence electrons. The molecule has 1 aliphatic carbocycles. The van der Waals surface area contributed by atoms with Crippen LogP contribution in [0, 0.1) is 17.6 Å². The fourth-order valence-corrected chi connectivity index (χ4v) is 3.07. The Morgan fingerprint density at radius 1 is 1.18 bits per heavy atom. The normalized spacial score (nSPS) is 21.7. The molecule has 0 atom stereocenters. The van der Waals surface area contributed by atoms with Crippen molar-refractivity contribution in [3.8, 4) is 11.4 Å².